The molecule has 106 valence electrons. The molecule has 4 nitrogen and oxygen atoms in total. The predicted molar refractivity (Wildman–Crippen MR) is 73.6 cm³/mol. The van der Waals surface area contributed by atoms with E-state index in [2.05, 4.69) is 17.6 Å². The number of amides is 1. The van der Waals surface area contributed by atoms with Gasteiger partial charge in [0.1, 0.15) is 0 Å². The van der Waals surface area contributed by atoms with Gasteiger partial charge in [0.15, 0.2) is 0 Å². The van der Waals surface area contributed by atoms with Crippen LogP contribution in [-0.2, 0) is 9.53 Å². The Morgan fingerprint density at radius 3 is 2.89 bits per heavy atom. The summed E-state index contributed by atoms with van der Waals surface area (Å²) >= 11 is 0. The van der Waals surface area contributed by atoms with Crippen LogP contribution in [-0.4, -0.2) is 37.7 Å². The molecule has 1 amide bonds. The van der Waals surface area contributed by atoms with E-state index in [4.69, 9.17) is 4.74 Å². The molecule has 2 atom stereocenters. The minimum absolute atomic E-state index is 0.105. The third kappa shape index (κ3) is 6.36. The largest absolute Gasteiger partial charge is 0.378 e. The zero-order chi connectivity index (χ0) is 13.2. The van der Waals surface area contributed by atoms with Crippen molar-refractivity contribution in [2.45, 2.75) is 64.5 Å². The van der Waals surface area contributed by atoms with Gasteiger partial charge in [-0.2, -0.15) is 0 Å². The highest BCUT2D eigenvalue weighted by atomic mass is 16.5. The molecule has 2 N–H and O–H groups in total. The fourth-order valence-electron chi connectivity index (χ4n) is 2.13. The van der Waals surface area contributed by atoms with Crippen LogP contribution in [0.25, 0.3) is 0 Å². The van der Waals surface area contributed by atoms with E-state index in [1.54, 1.807) is 0 Å². The van der Waals surface area contributed by atoms with Crippen LogP contribution >= 0.6 is 0 Å². The van der Waals surface area contributed by atoms with Crippen molar-refractivity contribution in [1.29, 1.82) is 0 Å². The molecule has 18 heavy (non-hydrogen) atoms. The van der Waals surface area contributed by atoms with E-state index in [0.29, 0.717) is 6.10 Å². The molecule has 0 aliphatic carbocycles. The lowest BCUT2D eigenvalue weighted by Crippen LogP contribution is -2.43. The second-order valence-electron chi connectivity index (χ2n) is 5.10. The zero-order valence-corrected chi connectivity index (χ0v) is 11.8. The molecule has 2 unspecified atom stereocenters. The van der Waals surface area contributed by atoms with Gasteiger partial charge < -0.3 is 15.4 Å². The molecule has 1 fully saturated rings. The van der Waals surface area contributed by atoms with Crippen LogP contribution in [0.1, 0.15) is 52.4 Å². The molecule has 0 spiro atoms. The number of rotatable bonds is 8. The lowest BCUT2D eigenvalue weighted by Gasteiger charge is -2.23. The van der Waals surface area contributed by atoms with Gasteiger partial charge in [-0.15, -0.1) is 0 Å². The van der Waals surface area contributed by atoms with Gasteiger partial charge in [-0.05, 0) is 45.6 Å². The quantitative estimate of drug-likeness (QED) is 0.652. The lowest BCUT2D eigenvalue weighted by atomic mass is 10.1. The third-order valence-electron chi connectivity index (χ3n) is 3.41. The van der Waals surface area contributed by atoms with Crippen molar-refractivity contribution in [2.75, 3.05) is 19.7 Å². The zero-order valence-electron chi connectivity index (χ0n) is 11.8. The van der Waals surface area contributed by atoms with E-state index < -0.39 is 0 Å². The van der Waals surface area contributed by atoms with E-state index in [1.165, 1.54) is 19.3 Å². The second kappa shape index (κ2) is 9.34. The summed E-state index contributed by atoms with van der Waals surface area (Å²) in [6.45, 7) is 6.58. The summed E-state index contributed by atoms with van der Waals surface area (Å²) in [5.41, 5.74) is 0. The molecule has 1 aliphatic heterocycles. The maximum Gasteiger partial charge on any atom is 0.236 e. The SMILES string of the molecule is CCCCNC(=O)C(C)NCCC1CCCCO1. The van der Waals surface area contributed by atoms with Gasteiger partial charge in [0, 0.05) is 13.2 Å². The van der Waals surface area contributed by atoms with Gasteiger partial charge in [-0.1, -0.05) is 13.3 Å². The van der Waals surface area contributed by atoms with E-state index >= 15 is 0 Å². The van der Waals surface area contributed by atoms with Crippen molar-refractivity contribution >= 4 is 5.91 Å². The molecule has 4 heteroatoms. The molecular weight excluding hydrogens is 228 g/mol. The van der Waals surface area contributed by atoms with Crippen molar-refractivity contribution in [3.63, 3.8) is 0 Å². The van der Waals surface area contributed by atoms with Gasteiger partial charge in [0.2, 0.25) is 5.91 Å². The van der Waals surface area contributed by atoms with E-state index in [9.17, 15) is 4.79 Å². The first-order valence-electron chi connectivity index (χ1n) is 7.36. The van der Waals surface area contributed by atoms with Gasteiger partial charge in [-0.3, -0.25) is 4.79 Å². The molecule has 0 aromatic carbocycles. The van der Waals surface area contributed by atoms with Gasteiger partial charge in [0.05, 0.1) is 12.1 Å². The normalized spacial score (nSPS) is 21.6. The van der Waals surface area contributed by atoms with Crippen molar-refractivity contribution in [3.8, 4) is 0 Å². The summed E-state index contributed by atoms with van der Waals surface area (Å²) in [4.78, 5) is 11.7. The number of ether oxygens (including phenoxy) is 1. The Morgan fingerprint density at radius 1 is 1.39 bits per heavy atom. The maximum atomic E-state index is 11.7. The summed E-state index contributed by atoms with van der Waals surface area (Å²) in [5, 5.41) is 6.20. The molecular formula is C14H28N2O2. The second-order valence-corrected chi connectivity index (χ2v) is 5.10. The average molecular weight is 256 g/mol. The monoisotopic (exact) mass is 256 g/mol. The average Bonchev–Trinajstić information content (AvgIpc) is 2.40. The Kier molecular flexibility index (Phi) is 8.01. The molecule has 1 saturated heterocycles. The molecule has 0 aromatic heterocycles. The molecule has 0 bridgehead atoms. The Hall–Kier alpha value is -0.610. The summed E-state index contributed by atoms with van der Waals surface area (Å²) < 4.78 is 5.66. The molecule has 1 aliphatic rings. The van der Waals surface area contributed by atoms with Crippen molar-refractivity contribution in [3.05, 3.63) is 0 Å². The first-order chi connectivity index (χ1) is 8.74. The van der Waals surface area contributed by atoms with Crippen molar-refractivity contribution in [2.24, 2.45) is 0 Å². The lowest BCUT2D eigenvalue weighted by molar-refractivity contribution is -0.122. The number of hydrogen-bond acceptors (Lipinski definition) is 3. The number of nitrogens with one attached hydrogen (secondary N) is 2. The predicted octanol–water partition coefficient (Wildman–Crippen LogP) is 1.84. The van der Waals surface area contributed by atoms with Crippen LogP contribution in [0, 0.1) is 0 Å². The fraction of sp³-hybridized carbons (Fsp3) is 0.929. The Balaban J connectivity index is 2.04. The summed E-state index contributed by atoms with van der Waals surface area (Å²) in [7, 11) is 0. The molecule has 1 heterocycles. The Labute approximate surface area is 111 Å². The highest BCUT2D eigenvalue weighted by Crippen LogP contribution is 2.14. The first-order valence-corrected chi connectivity index (χ1v) is 7.36. The van der Waals surface area contributed by atoms with Crippen LogP contribution in [0.4, 0.5) is 0 Å². The van der Waals surface area contributed by atoms with Crippen LogP contribution < -0.4 is 10.6 Å². The number of carbonyl (C=O) groups excluding carboxylic acids is 1. The van der Waals surface area contributed by atoms with E-state index in [0.717, 1.165) is 39.0 Å². The van der Waals surface area contributed by atoms with Crippen LogP contribution in [0.15, 0.2) is 0 Å². The van der Waals surface area contributed by atoms with Crippen LogP contribution in [0.3, 0.4) is 0 Å². The molecule has 1 rings (SSSR count). The van der Waals surface area contributed by atoms with Crippen LogP contribution in [0.2, 0.25) is 0 Å². The standard InChI is InChI=1S/C14H28N2O2/c1-3-4-9-16-14(17)12(2)15-10-8-13-7-5-6-11-18-13/h12-13,15H,3-11H2,1-2H3,(H,16,17). The Morgan fingerprint density at radius 2 is 2.22 bits per heavy atom. The minimum Gasteiger partial charge on any atom is -0.378 e. The topological polar surface area (TPSA) is 50.4 Å². The summed E-state index contributed by atoms with van der Waals surface area (Å²) in [5.74, 6) is 0.105. The van der Waals surface area contributed by atoms with Crippen molar-refractivity contribution in [1.82, 2.24) is 10.6 Å². The van der Waals surface area contributed by atoms with Crippen LogP contribution in [0.5, 0.6) is 0 Å². The maximum absolute atomic E-state index is 11.7. The van der Waals surface area contributed by atoms with E-state index in [1.807, 2.05) is 6.92 Å². The van der Waals surface area contributed by atoms with Gasteiger partial charge in [0.25, 0.3) is 0 Å². The molecule has 0 radical (unpaired) electrons. The molecule has 0 saturated carbocycles. The van der Waals surface area contributed by atoms with Gasteiger partial charge >= 0.3 is 0 Å². The Bertz CT molecular complexity index is 228. The minimum atomic E-state index is -0.106. The highest BCUT2D eigenvalue weighted by molar-refractivity contribution is 5.81. The first kappa shape index (κ1) is 15.4. The third-order valence-corrected chi connectivity index (χ3v) is 3.41. The highest BCUT2D eigenvalue weighted by Gasteiger charge is 2.15. The van der Waals surface area contributed by atoms with E-state index in [-0.39, 0.29) is 11.9 Å². The number of hydrogen-bond donors (Lipinski definition) is 2. The summed E-state index contributed by atoms with van der Waals surface area (Å²) in [6.07, 6.45) is 7.19. The van der Waals surface area contributed by atoms with Gasteiger partial charge in [-0.25, -0.2) is 0 Å². The number of unbranched alkanes of at least 4 members (excludes halogenated alkanes) is 1. The summed E-state index contributed by atoms with van der Waals surface area (Å²) in [6, 6.07) is -0.106. The van der Waals surface area contributed by atoms with Crippen molar-refractivity contribution < 1.29 is 9.53 Å². The number of carbonyl (C=O) groups is 1. The molecule has 0 aromatic rings. The fourth-order valence-corrected chi connectivity index (χ4v) is 2.13. The smallest absolute Gasteiger partial charge is 0.236 e.